The summed E-state index contributed by atoms with van der Waals surface area (Å²) in [4.78, 5) is 2.41. The second-order valence-electron chi connectivity index (χ2n) is 6.08. The van der Waals surface area contributed by atoms with E-state index in [4.69, 9.17) is 9.47 Å². The molecule has 3 saturated heterocycles. The molecule has 0 aromatic heterocycles. The van der Waals surface area contributed by atoms with Gasteiger partial charge in [-0.25, -0.2) is 0 Å². The normalized spacial score (nSPS) is 47.9. The molecule has 0 amide bonds. The summed E-state index contributed by atoms with van der Waals surface area (Å²) in [7, 11) is 0. The molecular weight excluding hydrogens is 226 g/mol. The van der Waals surface area contributed by atoms with Crippen LogP contribution < -0.4 is 4.90 Å². The van der Waals surface area contributed by atoms with E-state index in [9.17, 15) is 0 Å². The first-order chi connectivity index (χ1) is 8.93. The third-order valence-corrected chi connectivity index (χ3v) is 5.45. The van der Waals surface area contributed by atoms with E-state index in [1.54, 1.807) is 0 Å². The molecule has 1 aromatic rings. The van der Waals surface area contributed by atoms with Crippen LogP contribution in [0.1, 0.15) is 6.42 Å². The maximum atomic E-state index is 6.10. The van der Waals surface area contributed by atoms with Crippen molar-refractivity contribution in [3.05, 3.63) is 30.3 Å². The number of para-hydroxylation sites is 1. The van der Waals surface area contributed by atoms with Gasteiger partial charge in [-0.2, -0.15) is 0 Å². The van der Waals surface area contributed by atoms with Crippen LogP contribution in [-0.4, -0.2) is 25.7 Å². The minimum absolute atomic E-state index is 0.254. The summed E-state index contributed by atoms with van der Waals surface area (Å²) in [6.07, 6.45) is 1.82. The standard InChI is InChI=1S/C15H17NO2/c1-2-4-9(5-3-1)16-14-10-6-11-13(8-18-15(11)16)12(10)7-17-14/h1-5,10-15H,6-8H2/t10-,11+,12-,13+,14+,15-. The Labute approximate surface area is 107 Å². The topological polar surface area (TPSA) is 21.7 Å². The van der Waals surface area contributed by atoms with Crippen molar-refractivity contribution in [3.63, 3.8) is 0 Å². The van der Waals surface area contributed by atoms with Crippen molar-refractivity contribution in [2.24, 2.45) is 23.7 Å². The third kappa shape index (κ3) is 1.04. The van der Waals surface area contributed by atoms with E-state index in [2.05, 4.69) is 35.2 Å². The van der Waals surface area contributed by atoms with Crippen molar-refractivity contribution < 1.29 is 9.47 Å². The maximum absolute atomic E-state index is 6.10. The predicted octanol–water partition coefficient (Wildman–Crippen LogP) is 2.09. The average molecular weight is 243 g/mol. The SMILES string of the molecule is c1ccc(N2[C@@H]3OC[C@@H]4[C@@H]5CO[C@H]2[C@@H]5C[C@@H]43)cc1. The van der Waals surface area contributed by atoms with Crippen molar-refractivity contribution in [1.29, 1.82) is 0 Å². The van der Waals surface area contributed by atoms with Crippen LogP contribution in [0.3, 0.4) is 0 Å². The number of hydrogen-bond donors (Lipinski definition) is 0. The van der Waals surface area contributed by atoms with Crippen molar-refractivity contribution in [2.45, 2.75) is 18.9 Å². The zero-order valence-electron chi connectivity index (χ0n) is 10.2. The first-order valence-electron chi connectivity index (χ1n) is 7.00. The monoisotopic (exact) mass is 243 g/mol. The van der Waals surface area contributed by atoms with E-state index in [-0.39, 0.29) is 12.5 Å². The van der Waals surface area contributed by atoms with Gasteiger partial charge >= 0.3 is 0 Å². The highest BCUT2D eigenvalue weighted by Crippen LogP contribution is 2.58. The Balaban J connectivity index is 1.63. The summed E-state index contributed by atoms with van der Waals surface area (Å²) < 4.78 is 12.2. The van der Waals surface area contributed by atoms with E-state index in [1.807, 2.05) is 0 Å². The quantitative estimate of drug-likeness (QED) is 0.754. The Morgan fingerprint density at radius 1 is 0.833 bits per heavy atom. The molecule has 1 aromatic carbocycles. The second kappa shape index (κ2) is 3.28. The Kier molecular flexibility index (Phi) is 1.79. The van der Waals surface area contributed by atoms with Gasteiger partial charge in [0.15, 0.2) is 0 Å². The summed E-state index contributed by atoms with van der Waals surface area (Å²) in [5.74, 6) is 2.97. The van der Waals surface area contributed by atoms with Gasteiger partial charge in [0.05, 0.1) is 13.2 Å². The van der Waals surface area contributed by atoms with Crippen LogP contribution in [0.5, 0.6) is 0 Å². The molecule has 0 spiro atoms. The molecule has 3 heterocycles. The van der Waals surface area contributed by atoms with Crippen LogP contribution in [0.25, 0.3) is 0 Å². The summed E-state index contributed by atoms with van der Waals surface area (Å²) in [6, 6.07) is 10.6. The Hall–Kier alpha value is -1.06. The van der Waals surface area contributed by atoms with Crippen LogP contribution in [-0.2, 0) is 9.47 Å². The fraction of sp³-hybridized carbons (Fsp3) is 0.600. The van der Waals surface area contributed by atoms with Crippen molar-refractivity contribution in [3.8, 4) is 0 Å². The van der Waals surface area contributed by atoms with Crippen LogP contribution in [0.4, 0.5) is 5.69 Å². The molecule has 0 N–H and O–H groups in total. The molecule has 0 unspecified atom stereocenters. The number of anilines is 1. The molecule has 18 heavy (non-hydrogen) atoms. The lowest BCUT2D eigenvalue weighted by atomic mass is 9.91. The van der Waals surface area contributed by atoms with E-state index >= 15 is 0 Å². The molecule has 6 bridgehead atoms. The van der Waals surface area contributed by atoms with Gasteiger partial charge in [-0.05, 0) is 30.4 Å². The Morgan fingerprint density at radius 3 is 2.06 bits per heavy atom. The molecule has 1 aliphatic carbocycles. The Morgan fingerprint density at radius 2 is 1.44 bits per heavy atom. The zero-order chi connectivity index (χ0) is 11.7. The van der Waals surface area contributed by atoms with E-state index in [1.165, 1.54) is 12.1 Å². The van der Waals surface area contributed by atoms with Crippen LogP contribution in [0, 0.1) is 23.7 Å². The molecule has 5 rings (SSSR count). The van der Waals surface area contributed by atoms with Gasteiger partial charge in [-0.1, -0.05) is 18.2 Å². The number of piperidine rings is 1. The minimum Gasteiger partial charge on any atom is -0.358 e. The minimum atomic E-state index is 0.254. The highest BCUT2D eigenvalue weighted by atomic mass is 16.5. The highest BCUT2D eigenvalue weighted by Gasteiger charge is 2.63. The van der Waals surface area contributed by atoms with Crippen LogP contribution in [0.2, 0.25) is 0 Å². The summed E-state index contributed by atoms with van der Waals surface area (Å²) in [5, 5.41) is 0. The van der Waals surface area contributed by atoms with Crippen molar-refractivity contribution in [1.82, 2.24) is 0 Å². The molecule has 3 aliphatic heterocycles. The van der Waals surface area contributed by atoms with Crippen LogP contribution >= 0.6 is 0 Å². The number of rotatable bonds is 1. The van der Waals surface area contributed by atoms with Gasteiger partial charge in [0, 0.05) is 17.5 Å². The molecule has 6 atom stereocenters. The molecule has 3 heteroatoms. The number of nitrogens with zero attached hydrogens (tertiary/aromatic N) is 1. The van der Waals surface area contributed by atoms with Gasteiger partial charge in [0.25, 0.3) is 0 Å². The van der Waals surface area contributed by atoms with Gasteiger partial charge in [-0.3, -0.25) is 0 Å². The molecule has 94 valence electrons. The number of hydrogen-bond acceptors (Lipinski definition) is 3. The molecule has 3 nitrogen and oxygen atoms in total. The van der Waals surface area contributed by atoms with Gasteiger partial charge in [-0.15, -0.1) is 0 Å². The second-order valence-corrected chi connectivity index (χ2v) is 6.08. The predicted molar refractivity (Wildman–Crippen MR) is 67.0 cm³/mol. The lowest BCUT2D eigenvalue weighted by Crippen LogP contribution is -2.52. The molecule has 4 aliphatic rings. The number of benzene rings is 1. The first-order valence-corrected chi connectivity index (χ1v) is 7.00. The van der Waals surface area contributed by atoms with Crippen molar-refractivity contribution >= 4 is 5.69 Å². The third-order valence-electron chi connectivity index (χ3n) is 5.45. The smallest absolute Gasteiger partial charge is 0.135 e. The van der Waals surface area contributed by atoms with Crippen molar-refractivity contribution in [2.75, 3.05) is 18.1 Å². The van der Waals surface area contributed by atoms with Crippen LogP contribution in [0.15, 0.2) is 30.3 Å². The summed E-state index contributed by atoms with van der Waals surface area (Å²) >= 11 is 0. The largest absolute Gasteiger partial charge is 0.358 e. The summed E-state index contributed by atoms with van der Waals surface area (Å²) in [5.41, 5.74) is 1.26. The lowest BCUT2D eigenvalue weighted by Gasteiger charge is -2.43. The van der Waals surface area contributed by atoms with Gasteiger partial charge in [0.1, 0.15) is 12.5 Å². The Bertz CT molecular complexity index is 453. The molecule has 0 radical (unpaired) electrons. The van der Waals surface area contributed by atoms with Gasteiger partial charge < -0.3 is 14.4 Å². The van der Waals surface area contributed by atoms with Gasteiger partial charge in [0.2, 0.25) is 0 Å². The fourth-order valence-corrected chi connectivity index (χ4v) is 4.73. The number of ether oxygens (including phenoxy) is 2. The lowest BCUT2D eigenvalue weighted by molar-refractivity contribution is -0.0137. The molecular formula is C15H17NO2. The molecule has 4 fully saturated rings. The first kappa shape index (κ1) is 9.82. The maximum Gasteiger partial charge on any atom is 0.135 e. The zero-order valence-corrected chi connectivity index (χ0v) is 10.2. The van der Waals surface area contributed by atoms with E-state index in [0.717, 1.165) is 36.9 Å². The molecule has 1 saturated carbocycles. The highest BCUT2D eigenvalue weighted by molar-refractivity contribution is 5.49. The van der Waals surface area contributed by atoms with E-state index < -0.39 is 0 Å². The fourth-order valence-electron chi connectivity index (χ4n) is 4.73. The summed E-state index contributed by atoms with van der Waals surface area (Å²) in [6.45, 7) is 1.88. The average Bonchev–Trinajstić information content (AvgIpc) is 3.06. The van der Waals surface area contributed by atoms with E-state index in [0.29, 0.717) is 0 Å².